The minimum absolute atomic E-state index is 0.0589. The van der Waals surface area contributed by atoms with Crippen LogP contribution in [0.5, 0.6) is 0 Å². The maximum Gasteiger partial charge on any atom is 0.254 e. The summed E-state index contributed by atoms with van der Waals surface area (Å²) in [6.45, 7) is 4.56. The SMILES string of the molecule is Cc1ccccc1N1C(=O)CN(C(=O)c2ccc(-n3ccnc3)cc2)CC1C. The van der Waals surface area contributed by atoms with Crippen LogP contribution in [0.4, 0.5) is 5.69 Å². The summed E-state index contributed by atoms with van der Waals surface area (Å²) in [4.78, 5) is 33.2. The first kappa shape index (κ1) is 18.0. The van der Waals surface area contributed by atoms with Crippen molar-refractivity contribution in [2.75, 3.05) is 18.0 Å². The second kappa shape index (κ2) is 7.31. The zero-order chi connectivity index (χ0) is 19.7. The van der Waals surface area contributed by atoms with Crippen molar-refractivity contribution in [2.24, 2.45) is 0 Å². The molecule has 142 valence electrons. The molecule has 1 fully saturated rings. The second-order valence-corrected chi connectivity index (χ2v) is 7.10. The van der Waals surface area contributed by atoms with Crippen LogP contribution in [0.3, 0.4) is 0 Å². The highest BCUT2D eigenvalue weighted by molar-refractivity contribution is 6.02. The highest BCUT2D eigenvalue weighted by Gasteiger charge is 2.34. The Kier molecular flexibility index (Phi) is 4.69. The van der Waals surface area contributed by atoms with E-state index in [4.69, 9.17) is 0 Å². The van der Waals surface area contributed by atoms with Gasteiger partial charge in [0.05, 0.1) is 12.4 Å². The van der Waals surface area contributed by atoms with Crippen molar-refractivity contribution in [3.8, 4) is 5.69 Å². The molecule has 0 spiro atoms. The van der Waals surface area contributed by atoms with Gasteiger partial charge in [0.1, 0.15) is 6.54 Å². The van der Waals surface area contributed by atoms with Gasteiger partial charge in [-0.3, -0.25) is 9.59 Å². The number of rotatable bonds is 3. The molecule has 0 N–H and O–H groups in total. The zero-order valence-corrected chi connectivity index (χ0v) is 15.9. The van der Waals surface area contributed by atoms with E-state index in [-0.39, 0.29) is 24.4 Å². The van der Waals surface area contributed by atoms with Crippen LogP contribution < -0.4 is 4.90 Å². The van der Waals surface area contributed by atoms with Gasteiger partial charge in [-0.1, -0.05) is 18.2 Å². The zero-order valence-electron chi connectivity index (χ0n) is 15.9. The molecule has 1 aromatic heterocycles. The quantitative estimate of drug-likeness (QED) is 0.708. The number of anilines is 1. The van der Waals surface area contributed by atoms with Crippen molar-refractivity contribution in [2.45, 2.75) is 19.9 Å². The number of para-hydroxylation sites is 1. The summed E-state index contributed by atoms with van der Waals surface area (Å²) < 4.78 is 1.88. The number of piperazine rings is 1. The summed E-state index contributed by atoms with van der Waals surface area (Å²) in [5.41, 5.74) is 3.48. The Morgan fingerprint density at radius 1 is 1.11 bits per heavy atom. The summed E-state index contributed by atoms with van der Waals surface area (Å²) >= 11 is 0. The Bertz CT molecular complexity index is 996. The van der Waals surface area contributed by atoms with E-state index in [2.05, 4.69) is 4.98 Å². The molecular weight excluding hydrogens is 352 g/mol. The fraction of sp³-hybridized carbons (Fsp3) is 0.227. The van der Waals surface area contributed by atoms with Gasteiger partial charge in [-0.25, -0.2) is 4.98 Å². The van der Waals surface area contributed by atoms with Gasteiger partial charge in [-0.15, -0.1) is 0 Å². The summed E-state index contributed by atoms with van der Waals surface area (Å²) in [5.74, 6) is -0.182. The average Bonchev–Trinajstić information content (AvgIpc) is 3.23. The molecule has 0 bridgehead atoms. The lowest BCUT2D eigenvalue weighted by atomic mass is 10.1. The van der Waals surface area contributed by atoms with Gasteiger partial charge < -0.3 is 14.4 Å². The first-order chi connectivity index (χ1) is 13.5. The van der Waals surface area contributed by atoms with Crippen LogP contribution in [0.1, 0.15) is 22.8 Å². The van der Waals surface area contributed by atoms with Crippen LogP contribution in [0.25, 0.3) is 5.69 Å². The van der Waals surface area contributed by atoms with E-state index >= 15 is 0 Å². The summed E-state index contributed by atoms with van der Waals surface area (Å²) in [6, 6.07) is 15.1. The van der Waals surface area contributed by atoms with Crippen LogP contribution in [-0.2, 0) is 4.79 Å². The van der Waals surface area contributed by atoms with Gasteiger partial charge in [0.25, 0.3) is 5.91 Å². The van der Waals surface area contributed by atoms with Crippen molar-refractivity contribution in [1.82, 2.24) is 14.5 Å². The van der Waals surface area contributed by atoms with Gasteiger partial charge in [0, 0.05) is 35.9 Å². The lowest BCUT2D eigenvalue weighted by Crippen LogP contribution is -2.57. The van der Waals surface area contributed by atoms with Gasteiger partial charge >= 0.3 is 0 Å². The average molecular weight is 374 g/mol. The van der Waals surface area contributed by atoms with E-state index in [1.807, 2.05) is 61.0 Å². The maximum absolute atomic E-state index is 12.9. The number of hydrogen-bond acceptors (Lipinski definition) is 3. The van der Waals surface area contributed by atoms with Crippen molar-refractivity contribution >= 4 is 17.5 Å². The monoisotopic (exact) mass is 374 g/mol. The number of carbonyl (C=O) groups is 2. The number of nitrogens with zero attached hydrogens (tertiary/aromatic N) is 4. The largest absolute Gasteiger partial charge is 0.327 e. The molecule has 0 aliphatic carbocycles. The number of benzene rings is 2. The Labute approximate surface area is 164 Å². The molecule has 0 saturated carbocycles. The second-order valence-electron chi connectivity index (χ2n) is 7.10. The Hall–Kier alpha value is -3.41. The molecule has 4 rings (SSSR count). The number of aryl methyl sites for hydroxylation is 1. The smallest absolute Gasteiger partial charge is 0.254 e. The minimum Gasteiger partial charge on any atom is -0.327 e. The van der Waals surface area contributed by atoms with Crippen LogP contribution in [0.2, 0.25) is 0 Å². The topological polar surface area (TPSA) is 58.4 Å². The Morgan fingerprint density at radius 3 is 2.50 bits per heavy atom. The van der Waals surface area contributed by atoms with E-state index in [9.17, 15) is 9.59 Å². The summed E-state index contributed by atoms with van der Waals surface area (Å²) in [7, 11) is 0. The van der Waals surface area contributed by atoms with Crippen molar-refractivity contribution in [3.05, 3.63) is 78.4 Å². The number of hydrogen-bond donors (Lipinski definition) is 0. The lowest BCUT2D eigenvalue weighted by Gasteiger charge is -2.40. The highest BCUT2D eigenvalue weighted by Crippen LogP contribution is 2.25. The molecular formula is C22H22N4O2. The van der Waals surface area contributed by atoms with E-state index < -0.39 is 0 Å². The summed E-state index contributed by atoms with van der Waals surface area (Å²) in [5, 5.41) is 0. The molecule has 0 radical (unpaired) electrons. The number of imidazole rings is 1. The van der Waals surface area contributed by atoms with Gasteiger partial charge in [0.2, 0.25) is 5.91 Å². The molecule has 1 unspecified atom stereocenters. The predicted molar refractivity (Wildman–Crippen MR) is 108 cm³/mol. The third kappa shape index (κ3) is 3.29. The molecule has 1 aliphatic rings. The van der Waals surface area contributed by atoms with Gasteiger partial charge in [-0.05, 0) is 49.7 Å². The minimum atomic E-state index is -0.123. The van der Waals surface area contributed by atoms with Crippen molar-refractivity contribution in [3.63, 3.8) is 0 Å². The fourth-order valence-corrected chi connectivity index (χ4v) is 3.68. The molecule has 1 aliphatic heterocycles. The molecule has 2 amide bonds. The molecule has 6 nitrogen and oxygen atoms in total. The third-order valence-electron chi connectivity index (χ3n) is 5.10. The van der Waals surface area contributed by atoms with Crippen LogP contribution in [-0.4, -0.2) is 45.4 Å². The fourth-order valence-electron chi connectivity index (χ4n) is 3.68. The van der Waals surface area contributed by atoms with Crippen LogP contribution in [0, 0.1) is 6.92 Å². The molecule has 1 atom stereocenters. The Balaban J connectivity index is 1.51. The van der Waals surface area contributed by atoms with E-state index in [0.29, 0.717) is 12.1 Å². The van der Waals surface area contributed by atoms with Crippen LogP contribution >= 0.6 is 0 Å². The van der Waals surface area contributed by atoms with Crippen molar-refractivity contribution < 1.29 is 9.59 Å². The molecule has 2 aromatic carbocycles. The van der Waals surface area contributed by atoms with Crippen LogP contribution in [0.15, 0.2) is 67.3 Å². The lowest BCUT2D eigenvalue weighted by molar-refractivity contribution is -0.121. The number of aromatic nitrogens is 2. The number of amides is 2. The molecule has 3 aromatic rings. The first-order valence-electron chi connectivity index (χ1n) is 9.30. The normalized spacial score (nSPS) is 17.1. The van der Waals surface area contributed by atoms with E-state index in [1.54, 1.807) is 34.5 Å². The summed E-state index contributed by atoms with van der Waals surface area (Å²) in [6.07, 6.45) is 5.27. The molecule has 1 saturated heterocycles. The van der Waals surface area contributed by atoms with Gasteiger partial charge in [0.15, 0.2) is 0 Å². The van der Waals surface area contributed by atoms with E-state index in [0.717, 1.165) is 16.9 Å². The maximum atomic E-state index is 12.9. The van der Waals surface area contributed by atoms with E-state index in [1.165, 1.54) is 0 Å². The molecule has 6 heteroatoms. The number of carbonyl (C=O) groups excluding carboxylic acids is 2. The highest BCUT2D eigenvalue weighted by atomic mass is 16.2. The standard InChI is InChI=1S/C22H22N4O2/c1-16-5-3-4-6-20(16)26-17(2)13-25(14-21(26)27)22(28)18-7-9-19(10-8-18)24-12-11-23-15-24/h3-12,15,17H,13-14H2,1-2H3. The van der Waals surface area contributed by atoms with Gasteiger partial charge in [-0.2, -0.15) is 0 Å². The van der Waals surface area contributed by atoms with Crippen molar-refractivity contribution in [1.29, 1.82) is 0 Å². The third-order valence-corrected chi connectivity index (χ3v) is 5.10. The molecule has 28 heavy (non-hydrogen) atoms. The molecule has 2 heterocycles. The Morgan fingerprint density at radius 2 is 1.86 bits per heavy atom. The first-order valence-corrected chi connectivity index (χ1v) is 9.30. The predicted octanol–water partition coefficient (Wildman–Crippen LogP) is 3.06.